The summed E-state index contributed by atoms with van der Waals surface area (Å²) in [6.07, 6.45) is 1.73. The van der Waals surface area contributed by atoms with Crippen LogP contribution in [0.3, 0.4) is 0 Å². The van der Waals surface area contributed by atoms with Crippen molar-refractivity contribution in [3.63, 3.8) is 0 Å². The zero-order valence-electron chi connectivity index (χ0n) is 13.3. The van der Waals surface area contributed by atoms with Gasteiger partial charge in [-0.3, -0.25) is 9.78 Å². The first-order valence-corrected chi connectivity index (χ1v) is 7.85. The van der Waals surface area contributed by atoms with Crippen LogP contribution < -0.4 is 4.74 Å². The van der Waals surface area contributed by atoms with E-state index in [1.54, 1.807) is 4.90 Å². The Morgan fingerprint density at radius 3 is 2.92 bits per heavy atom. The van der Waals surface area contributed by atoms with Gasteiger partial charge in [0, 0.05) is 18.3 Å². The second-order valence-corrected chi connectivity index (χ2v) is 5.81. The summed E-state index contributed by atoms with van der Waals surface area (Å²) >= 11 is 0. The third-order valence-corrected chi connectivity index (χ3v) is 4.07. The van der Waals surface area contributed by atoms with Crippen molar-refractivity contribution >= 4 is 5.91 Å². The molecule has 0 bridgehead atoms. The number of carbonyl (C=O) groups is 1. The van der Waals surface area contributed by atoms with E-state index >= 15 is 0 Å². The zero-order valence-corrected chi connectivity index (χ0v) is 13.3. The van der Waals surface area contributed by atoms with Gasteiger partial charge in [-0.15, -0.1) is 0 Å². The molecule has 126 valence electrons. The third kappa shape index (κ3) is 3.53. The van der Waals surface area contributed by atoms with Gasteiger partial charge < -0.3 is 9.64 Å². The summed E-state index contributed by atoms with van der Waals surface area (Å²) in [6.45, 7) is 2.24. The van der Waals surface area contributed by atoms with E-state index in [0.717, 1.165) is 36.4 Å². The lowest BCUT2D eigenvalue weighted by molar-refractivity contribution is -0.134. The predicted octanol–water partition coefficient (Wildman–Crippen LogP) is 3.41. The van der Waals surface area contributed by atoms with Crippen LogP contribution in [-0.2, 0) is 4.79 Å². The van der Waals surface area contributed by atoms with E-state index in [1.807, 2.05) is 25.1 Å². The van der Waals surface area contributed by atoms with Crippen molar-refractivity contribution in [3.05, 3.63) is 59.4 Å². The van der Waals surface area contributed by atoms with E-state index in [0.29, 0.717) is 6.54 Å². The maximum atomic E-state index is 13.6. The molecule has 0 N–H and O–H groups in total. The summed E-state index contributed by atoms with van der Waals surface area (Å²) in [4.78, 5) is 18.6. The molecule has 1 fully saturated rings. The summed E-state index contributed by atoms with van der Waals surface area (Å²) in [5.74, 6) is -1.86. The number of halogens is 2. The molecule has 4 nitrogen and oxygen atoms in total. The number of likely N-dealkylation sites (tertiary alicyclic amines) is 1. The number of aryl methyl sites for hydroxylation is 1. The second-order valence-electron chi connectivity index (χ2n) is 5.81. The summed E-state index contributed by atoms with van der Waals surface area (Å²) in [5.41, 5.74) is 1.75. The molecule has 6 heteroatoms. The Hall–Kier alpha value is -2.50. The third-order valence-electron chi connectivity index (χ3n) is 4.07. The van der Waals surface area contributed by atoms with Crippen molar-refractivity contribution in [1.82, 2.24) is 9.88 Å². The topological polar surface area (TPSA) is 42.4 Å². The van der Waals surface area contributed by atoms with Gasteiger partial charge in [-0.05, 0) is 44.0 Å². The van der Waals surface area contributed by atoms with Crippen molar-refractivity contribution in [3.8, 4) is 5.75 Å². The molecule has 0 spiro atoms. The molecule has 24 heavy (non-hydrogen) atoms. The van der Waals surface area contributed by atoms with Gasteiger partial charge >= 0.3 is 0 Å². The van der Waals surface area contributed by atoms with Crippen LogP contribution in [0.25, 0.3) is 0 Å². The fourth-order valence-corrected chi connectivity index (χ4v) is 2.94. The monoisotopic (exact) mass is 332 g/mol. The number of rotatable bonds is 4. The van der Waals surface area contributed by atoms with Crippen LogP contribution in [0.1, 0.15) is 30.3 Å². The molecule has 2 aromatic rings. The van der Waals surface area contributed by atoms with Crippen LogP contribution in [0, 0.1) is 18.6 Å². The van der Waals surface area contributed by atoms with Crippen LogP contribution in [-0.4, -0.2) is 28.9 Å². The largest absolute Gasteiger partial charge is 0.481 e. The minimum Gasteiger partial charge on any atom is -0.481 e. The molecular weight excluding hydrogens is 314 g/mol. The van der Waals surface area contributed by atoms with Gasteiger partial charge in [0.05, 0.1) is 11.7 Å². The SMILES string of the molecule is Cc1cccc(C2CCCN2C(=O)COc2ccc(F)cc2F)n1. The molecule has 0 saturated carbocycles. The molecule has 1 unspecified atom stereocenters. The number of hydrogen-bond donors (Lipinski definition) is 0. The first-order valence-electron chi connectivity index (χ1n) is 7.85. The molecule has 0 radical (unpaired) electrons. The average Bonchev–Trinajstić information content (AvgIpc) is 3.03. The summed E-state index contributed by atoms with van der Waals surface area (Å²) in [7, 11) is 0. The van der Waals surface area contributed by atoms with Crippen molar-refractivity contribution in [2.75, 3.05) is 13.2 Å². The van der Waals surface area contributed by atoms with Crippen molar-refractivity contribution in [2.24, 2.45) is 0 Å². The molecule has 2 heterocycles. The molecule has 1 aromatic heterocycles. The van der Waals surface area contributed by atoms with Gasteiger partial charge in [-0.1, -0.05) is 6.07 Å². The maximum Gasteiger partial charge on any atom is 0.261 e. The Kier molecular flexibility index (Phi) is 4.74. The fraction of sp³-hybridized carbons (Fsp3) is 0.333. The normalized spacial score (nSPS) is 17.1. The zero-order chi connectivity index (χ0) is 17.1. The summed E-state index contributed by atoms with van der Waals surface area (Å²) in [5, 5.41) is 0. The molecule has 1 aliphatic heterocycles. The number of carbonyl (C=O) groups excluding carboxylic acids is 1. The smallest absolute Gasteiger partial charge is 0.261 e. The lowest BCUT2D eigenvalue weighted by Crippen LogP contribution is -2.34. The lowest BCUT2D eigenvalue weighted by Gasteiger charge is -2.24. The highest BCUT2D eigenvalue weighted by atomic mass is 19.1. The van der Waals surface area contributed by atoms with E-state index in [4.69, 9.17) is 4.74 Å². The molecular formula is C18H18F2N2O2. The van der Waals surface area contributed by atoms with Crippen LogP contribution >= 0.6 is 0 Å². The summed E-state index contributed by atoms with van der Waals surface area (Å²) in [6, 6.07) is 8.66. The highest BCUT2D eigenvalue weighted by Crippen LogP contribution is 2.31. The molecule has 3 rings (SSSR count). The number of benzene rings is 1. The van der Waals surface area contributed by atoms with E-state index in [9.17, 15) is 13.6 Å². The molecule has 1 atom stereocenters. The Morgan fingerprint density at radius 1 is 1.33 bits per heavy atom. The van der Waals surface area contributed by atoms with Crippen LogP contribution in [0.15, 0.2) is 36.4 Å². The molecule has 1 amide bonds. The minimum atomic E-state index is -0.818. The van der Waals surface area contributed by atoms with Crippen molar-refractivity contribution in [2.45, 2.75) is 25.8 Å². The van der Waals surface area contributed by atoms with Gasteiger partial charge in [0.15, 0.2) is 18.2 Å². The molecule has 1 aromatic carbocycles. The highest BCUT2D eigenvalue weighted by Gasteiger charge is 2.31. The number of pyridine rings is 1. The number of ether oxygens (including phenoxy) is 1. The van der Waals surface area contributed by atoms with Crippen LogP contribution in [0.2, 0.25) is 0 Å². The standard InChI is InChI=1S/C18H18F2N2O2/c1-12-4-2-5-15(21-12)16-6-3-9-22(16)18(23)11-24-17-8-7-13(19)10-14(17)20/h2,4-5,7-8,10,16H,3,6,9,11H2,1H3. The quantitative estimate of drug-likeness (QED) is 0.862. The van der Waals surface area contributed by atoms with Crippen LogP contribution in [0.5, 0.6) is 5.75 Å². The summed E-state index contributed by atoms with van der Waals surface area (Å²) < 4.78 is 31.7. The van der Waals surface area contributed by atoms with Gasteiger partial charge in [-0.2, -0.15) is 0 Å². The van der Waals surface area contributed by atoms with Crippen molar-refractivity contribution < 1.29 is 18.3 Å². The Labute approximate surface area is 139 Å². The number of hydrogen-bond acceptors (Lipinski definition) is 3. The number of nitrogens with zero attached hydrogens (tertiary/aromatic N) is 2. The van der Waals surface area contributed by atoms with E-state index in [-0.39, 0.29) is 24.3 Å². The minimum absolute atomic E-state index is 0.0842. The second kappa shape index (κ2) is 6.95. The highest BCUT2D eigenvalue weighted by molar-refractivity contribution is 5.78. The predicted molar refractivity (Wildman–Crippen MR) is 84.5 cm³/mol. The Morgan fingerprint density at radius 2 is 2.17 bits per heavy atom. The number of amides is 1. The Balaban J connectivity index is 1.67. The van der Waals surface area contributed by atoms with Gasteiger partial charge in [0.1, 0.15) is 5.82 Å². The average molecular weight is 332 g/mol. The molecule has 0 aliphatic carbocycles. The van der Waals surface area contributed by atoms with Crippen LogP contribution in [0.4, 0.5) is 8.78 Å². The van der Waals surface area contributed by atoms with Gasteiger partial charge in [0.25, 0.3) is 5.91 Å². The number of aromatic nitrogens is 1. The van der Waals surface area contributed by atoms with Crippen molar-refractivity contribution in [1.29, 1.82) is 0 Å². The van der Waals surface area contributed by atoms with Gasteiger partial charge in [-0.25, -0.2) is 8.78 Å². The molecule has 1 aliphatic rings. The fourth-order valence-electron chi connectivity index (χ4n) is 2.94. The maximum absolute atomic E-state index is 13.6. The van der Waals surface area contributed by atoms with E-state index < -0.39 is 11.6 Å². The van der Waals surface area contributed by atoms with E-state index in [1.165, 1.54) is 6.07 Å². The molecule has 1 saturated heterocycles. The first kappa shape index (κ1) is 16.4. The lowest BCUT2D eigenvalue weighted by atomic mass is 10.1. The Bertz CT molecular complexity index is 752. The van der Waals surface area contributed by atoms with Gasteiger partial charge in [0.2, 0.25) is 0 Å². The van der Waals surface area contributed by atoms with E-state index in [2.05, 4.69) is 4.98 Å². The first-order chi connectivity index (χ1) is 11.5.